The summed E-state index contributed by atoms with van der Waals surface area (Å²) in [7, 11) is 0. The number of furan rings is 1. The van der Waals surface area contributed by atoms with Crippen LogP contribution in [0.1, 0.15) is 25.0 Å². The first-order chi connectivity index (χ1) is 34.0. The summed E-state index contributed by atoms with van der Waals surface area (Å²) < 4.78 is 8.80. The van der Waals surface area contributed by atoms with E-state index in [1.165, 1.54) is 54.6 Å². The molecule has 14 aromatic rings. The van der Waals surface area contributed by atoms with Crippen molar-refractivity contribution in [3.8, 4) is 51.0 Å². The number of para-hydroxylation sites is 2. The molecule has 0 saturated carbocycles. The molecule has 0 atom stereocenters. The van der Waals surface area contributed by atoms with Crippen molar-refractivity contribution >= 4 is 86.8 Å². The van der Waals surface area contributed by atoms with Crippen LogP contribution in [0, 0.1) is 0 Å². The number of nitrogens with zero attached hydrogens (tertiary/aromatic N) is 4. The molecule has 5 heteroatoms. The molecule has 11 aromatic carbocycles. The normalized spacial score (nSPS) is 13.2. The number of fused-ring (bicyclic) bond motifs is 17. The van der Waals surface area contributed by atoms with E-state index in [4.69, 9.17) is 19.4 Å². The summed E-state index contributed by atoms with van der Waals surface area (Å²) in [5, 5.41) is 14.0. The predicted molar refractivity (Wildman–Crippen MR) is 285 cm³/mol. The fraction of sp³-hybridized carbons (Fsp3) is 0.0469. The minimum absolute atomic E-state index is 0.212. The van der Waals surface area contributed by atoms with Gasteiger partial charge in [-0.1, -0.05) is 190 Å². The van der Waals surface area contributed by atoms with Crippen molar-refractivity contribution in [2.45, 2.75) is 19.3 Å². The highest BCUT2D eigenvalue weighted by molar-refractivity contribution is 6.33. The number of hydrogen-bond donors (Lipinski definition) is 0. The first-order valence-electron chi connectivity index (χ1n) is 23.7. The second-order valence-electron chi connectivity index (χ2n) is 19.1. The van der Waals surface area contributed by atoms with Gasteiger partial charge in [0.1, 0.15) is 11.2 Å². The Bertz CT molecular complexity index is 4530. The van der Waals surface area contributed by atoms with Crippen LogP contribution in [0.15, 0.2) is 211 Å². The molecular weight excluding hydrogens is 841 g/mol. The third-order valence-corrected chi connectivity index (χ3v) is 15.0. The lowest BCUT2D eigenvalue weighted by molar-refractivity contribution is 0.661. The van der Waals surface area contributed by atoms with Gasteiger partial charge >= 0.3 is 0 Å². The number of benzene rings is 11. The first kappa shape index (κ1) is 38.2. The molecule has 0 spiro atoms. The van der Waals surface area contributed by atoms with Crippen molar-refractivity contribution in [1.82, 2.24) is 19.5 Å². The number of aromatic nitrogens is 4. The van der Waals surface area contributed by atoms with Crippen LogP contribution in [0.5, 0.6) is 0 Å². The zero-order chi connectivity index (χ0) is 45.5. The molecule has 0 N–H and O–H groups in total. The fourth-order valence-electron chi connectivity index (χ4n) is 11.7. The van der Waals surface area contributed by atoms with E-state index in [-0.39, 0.29) is 5.41 Å². The maximum absolute atomic E-state index is 6.46. The Morgan fingerprint density at radius 2 is 0.986 bits per heavy atom. The highest BCUT2D eigenvalue weighted by atomic mass is 16.3. The second kappa shape index (κ2) is 14.0. The average Bonchev–Trinajstić information content (AvgIpc) is 4.04. The van der Waals surface area contributed by atoms with Gasteiger partial charge in [-0.05, 0) is 95.9 Å². The van der Waals surface area contributed by atoms with Crippen LogP contribution in [0.3, 0.4) is 0 Å². The zero-order valence-electron chi connectivity index (χ0n) is 37.8. The minimum atomic E-state index is -0.212. The molecule has 1 aliphatic carbocycles. The van der Waals surface area contributed by atoms with Crippen molar-refractivity contribution in [2.24, 2.45) is 0 Å². The topological polar surface area (TPSA) is 56.7 Å². The standard InChI is InChI=1S/C64H40N4O/c1-64(2)53-33-30-38-15-5-6-17-43(38)57(53)51-32-28-40(35-54(51)64)44-23-13-24-52-58-49-21-9-7-18-45(49)46-19-8-10-22-50(46)60(58)68(59(44)52)63-66-61(41-27-26-37-14-3-4-16-39(37)34-41)65-62(67-63)42-29-31-48-47-20-11-12-25-55(47)69-56(48)36-42/h3-36H,1-2H3. The molecule has 3 aromatic heterocycles. The zero-order valence-corrected chi connectivity index (χ0v) is 37.8. The van der Waals surface area contributed by atoms with Crippen LogP contribution in [0.2, 0.25) is 0 Å². The third kappa shape index (κ3) is 5.44. The van der Waals surface area contributed by atoms with E-state index in [1.807, 2.05) is 12.1 Å². The minimum Gasteiger partial charge on any atom is -0.456 e. The highest BCUT2D eigenvalue weighted by Gasteiger charge is 2.37. The van der Waals surface area contributed by atoms with E-state index in [9.17, 15) is 0 Å². The van der Waals surface area contributed by atoms with Crippen LogP contribution in [-0.2, 0) is 5.41 Å². The van der Waals surface area contributed by atoms with Gasteiger partial charge in [0.05, 0.1) is 11.0 Å². The molecule has 1 aliphatic rings. The summed E-state index contributed by atoms with van der Waals surface area (Å²) in [6, 6.07) is 74.3. The molecule has 15 rings (SSSR count). The molecule has 0 unspecified atom stereocenters. The molecule has 3 heterocycles. The summed E-state index contributed by atoms with van der Waals surface area (Å²) >= 11 is 0. The van der Waals surface area contributed by atoms with Gasteiger partial charge in [-0.15, -0.1) is 0 Å². The van der Waals surface area contributed by atoms with Gasteiger partial charge in [0.2, 0.25) is 5.95 Å². The van der Waals surface area contributed by atoms with Crippen LogP contribution < -0.4 is 0 Å². The smallest absolute Gasteiger partial charge is 0.238 e. The summed E-state index contributed by atoms with van der Waals surface area (Å²) in [6.45, 7) is 4.74. The maximum Gasteiger partial charge on any atom is 0.238 e. The molecule has 5 nitrogen and oxygen atoms in total. The Kier molecular flexibility index (Phi) is 7.78. The molecule has 0 bridgehead atoms. The maximum atomic E-state index is 6.46. The van der Waals surface area contributed by atoms with E-state index in [2.05, 4.69) is 213 Å². The molecule has 0 fully saturated rings. The molecule has 0 aliphatic heterocycles. The van der Waals surface area contributed by atoms with Crippen LogP contribution in [0.25, 0.3) is 138 Å². The Morgan fingerprint density at radius 3 is 1.81 bits per heavy atom. The lowest BCUT2D eigenvalue weighted by Gasteiger charge is -2.22. The molecular formula is C64H40N4O. The number of hydrogen-bond acceptors (Lipinski definition) is 4. The number of rotatable bonds is 4. The molecule has 0 amide bonds. The van der Waals surface area contributed by atoms with E-state index < -0.39 is 0 Å². The average molecular weight is 881 g/mol. The van der Waals surface area contributed by atoms with Crippen molar-refractivity contribution in [3.63, 3.8) is 0 Å². The van der Waals surface area contributed by atoms with Gasteiger partial charge in [0.25, 0.3) is 0 Å². The predicted octanol–water partition coefficient (Wildman–Crippen LogP) is 16.8. The van der Waals surface area contributed by atoms with Crippen LogP contribution in [0.4, 0.5) is 0 Å². The van der Waals surface area contributed by atoms with Crippen LogP contribution in [-0.4, -0.2) is 19.5 Å². The van der Waals surface area contributed by atoms with Gasteiger partial charge in [-0.25, -0.2) is 4.98 Å². The molecule has 0 radical (unpaired) electrons. The lowest BCUT2D eigenvalue weighted by atomic mass is 9.81. The Balaban J connectivity index is 1.06. The first-order valence-corrected chi connectivity index (χ1v) is 23.7. The monoisotopic (exact) mass is 880 g/mol. The van der Waals surface area contributed by atoms with Gasteiger partial charge in [0.15, 0.2) is 11.6 Å². The largest absolute Gasteiger partial charge is 0.456 e. The van der Waals surface area contributed by atoms with Gasteiger partial charge in [0, 0.05) is 49.0 Å². The van der Waals surface area contributed by atoms with E-state index in [0.29, 0.717) is 17.6 Å². The van der Waals surface area contributed by atoms with Crippen molar-refractivity contribution in [3.05, 3.63) is 217 Å². The van der Waals surface area contributed by atoms with Gasteiger partial charge in [-0.3, -0.25) is 4.57 Å². The molecule has 0 saturated heterocycles. The SMILES string of the molecule is CC1(C)c2cc(-c3cccc4c5c6ccccc6c6ccccc6c5n(-c5nc(-c6ccc7ccccc7c6)nc(-c6ccc7c(c6)oc6ccccc67)n5)c34)ccc2-c2c1ccc1ccccc21. The second-order valence-corrected chi connectivity index (χ2v) is 19.1. The van der Waals surface area contributed by atoms with Crippen molar-refractivity contribution in [2.75, 3.05) is 0 Å². The Labute approximate surface area is 396 Å². The summed E-state index contributed by atoms with van der Waals surface area (Å²) in [6.07, 6.45) is 0. The summed E-state index contributed by atoms with van der Waals surface area (Å²) in [5.74, 6) is 1.70. The Morgan fingerprint density at radius 1 is 0.377 bits per heavy atom. The van der Waals surface area contributed by atoms with E-state index >= 15 is 0 Å². The summed E-state index contributed by atoms with van der Waals surface area (Å²) in [5.41, 5.74) is 12.8. The van der Waals surface area contributed by atoms with Gasteiger partial charge < -0.3 is 4.42 Å². The van der Waals surface area contributed by atoms with Crippen LogP contribution >= 0.6 is 0 Å². The van der Waals surface area contributed by atoms with E-state index in [1.54, 1.807) is 0 Å². The molecule has 322 valence electrons. The summed E-state index contributed by atoms with van der Waals surface area (Å²) in [4.78, 5) is 16.4. The van der Waals surface area contributed by atoms with Crippen molar-refractivity contribution < 1.29 is 4.42 Å². The molecule has 69 heavy (non-hydrogen) atoms. The van der Waals surface area contributed by atoms with Gasteiger partial charge in [-0.2, -0.15) is 9.97 Å². The van der Waals surface area contributed by atoms with E-state index in [0.717, 1.165) is 76.8 Å². The fourth-order valence-corrected chi connectivity index (χ4v) is 11.7. The third-order valence-electron chi connectivity index (χ3n) is 15.0. The Hall–Kier alpha value is -8.93. The van der Waals surface area contributed by atoms with Crippen molar-refractivity contribution in [1.29, 1.82) is 0 Å². The highest BCUT2D eigenvalue weighted by Crippen LogP contribution is 2.53. The lowest BCUT2D eigenvalue weighted by Crippen LogP contribution is -2.15. The quantitative estimate of drug-likeness (QED) is 0.165.